The van der Waals surface area contributed by atoms with Crippen molar-refractivity contribution < 1.29 is 19.1 Å². The average molecular weight is 466 g/mol. The van der Waals surface area contributed by atoms with Gasteiger partial charge in [0.05, 0.1) is 13.0 Å². The molecule has 1 saturated heterocycles. The lowest BCUT2D eigenvalue weighted by atomic mass is 10.1. The first-order valence-corrected chi connectivity index (χ1v) is 11.3. The number of nitrogens with zero attached hydrogens (tertiary/aromatic N) is 1. The minimum absolute atomic E-state index is 0.106. The van der Waals surface area contributed by atoms with Crippen molar-refractivity contribution in [3.63, 3.8) is 0 Å². The first-order chi connectivity index (χ1) is 16.0. The van der Waals surface area contributed by atoms with E-state index >= 15 is 0 Å². The number of hydrogen-bond acceptors (Lipinski definition) is 5. The van der Waals surface area contributed by atoms with Gasteiger partial charge in [0.25, 0.3) is 0 Å². The van der Waals surface area contributed by atoms with Gasteiger partial charge in [0.1, 0.15) is 6.04 Å². The Labute approximate surface area is 198 Å². The molecule has 7 nitrogen and oxygen atoms in total. The monoisotopic (exact) mass is 465 g/mol. The van der Waals surface area contributed by atoms with Crippen LogP contribution in [0.1, 0.15) is 24.0 Å². The van der Waals surface area contributed by atoms with Gasteiger partial charge in [0.2, 0.25) is 11.8 Å². The highest BCUT2D eigenvalue weighted by atomic mass is 32.1. The summed E-state index contributed by atoms with van der Waals surface area (Å²) in [5, 5.41) is 5.46. The summed E-state index contributed by atoms with van der Waals surface area (Å²) in [5.41, 5.74) is 2.05. The van der Waals surface area contributed by atoms with Crippen molar-refractivity contribution in [2.45, 2.75) is 25.3 Å². The predicted octanol–water partition coefficient (Wildman–Crippen LogP) is 2.47. The minimum atomic E-state index is -0.828. The zero-order valence-electron chi connectivity index (χ0n) is 18.2. The van der Waals surface area contributed by atoms with E-state index in [1.54, 1.807) is 11.0 Å². The lowest BCUT2D eigenvalue weighted by molar-refractivity contribution is -0.147. The number of carbonyl (C=O) groups is 3. The third-order valence-electron chi connectivity index (χ3n) is 5.12. The van der Waals surface area contributed by atoms with E-state index in [0.29, 0.717) is 19.5 Å². The third-order valence-corrected chi connectivity index (χ3v) is 5.46. The molecule has 0 radical (unpaired) electrons. The molecular weight excluding hydrogens is 438 g/mol. The van der Waals surface area contributed by atoms with E-state index in [1.165, 1.54) is 11.6 Å². The van der Waals surface area contributed by atoms with Gasteiger partial charge in [0, 0.05) is 19.2 Å². The van der Waals surface area contributed by atoms with E-state index < -0.39 is 17.9 Å². The van der Waals surface area contributed by atoms with Crippen LogP contribution in [0.25, 0.3) is 6.08 Å². The zero-order chi connectivity index (χ0) is 23.5. The van der Waals surface area contributed by atoms with Crippen molar-refractivity contribution >= 4 is 41.2 Å². The predicted molar refractivity (Wildman–Crippen MR) is 130 cm³/mol. The van der Waals surface area contributed by atoms with Gasteiger partial charge in [-0.25, -0.2) is 0 Å². The Morgan fingerprint density at radius 3 is 2.55 bits per heavy atom. The number of hydrogen-bond donors (Lipinski definition) is 2. The molecule has 0 spiro atoms. The normalized spacial score (nSPS) is 15.7. The molecule has 1 unspecified atom stereocenters. The van der Waals surface area contributed by atoms with Crippen LogP contribution in [0.15, 0.2) is 66.7 Å². The van der Waals surface area contributed by atoms with Gasteiger partial charge in [-0.05, 0) is 42.3 Å². The average Bonchev–Trinajstić information content (AvgIpc) is 2.83. The van der Waals surface area contributed by atoms with Crippen molar-refractivity contribution in [3.8, 4) is 0 Å². The Balaban J connectivity index is 1.48. The number of esters is 1. The molecule has 3 rings (SSSR count). The largest absolute Gasteiger partial charge is 0.466 e. The van der Waals surface area contributed by atoms with Crippen LogP contribution in [0.4, 0.5) is 0 Å². The number of rotatable bonds is 8. The SMILES string of the molecule is O=C(C=Cc1ccccc1)NC(=S)N1CCNC(=O)C1CC(=O)OCCCc1ccccc1. The highest BCUT2D eigenvalue weighted by Gasteiger charge is 2.34. The van der Waals surface area contributed by atoms with E-state index in [0.717, 1.165) is 12.0 Å². The van der Waals surface area contributed by atoms with Crippen LogP contribution in [0.5, 0.6) is 0 Å². The Hall–Kier alpha value is -3.52. The second kappa shape index (κ2) is 12.5. The molecule has 1 heterocycles. The molecule has 0 aromatic heterocycles. The number of nitrogens with one attached hydrogen (secondary N) is 2. The van der Waals surface area contributed by atoms with E-state index in [2.05, 4.69) is 10.6 Å². The summed E-state index contributed by atoms with van der Waals surface area (Å²) in [6.07, 6.45) is 4.40. The summed E-state index contributed by atoms with van der Waals surface area (Å²) < 4.78 is 5.32. The van der Waals surface area contributed by atoms with E-state index in [4.69, 9.17) is 17.0 Å². The van der Waals surface area contributed by atoms with Gasteiger partial charge >= 0.3 is 5.97 Å². The molecular formula is C25H27N3O4S. The minimum Gasteiger partial charge on any atom is -0.466 e. The fraction of sp³-hybridized carbons (Fsp3) is 0.280. The summed E-state index contributed by atoms with van der Waals surface area (Å²) in [6, 6.07) is 18.5. The van der Waals surface area contributed by atoms with Gasteiger partial charge < -0.3 is 15.0 Å². The van der Waals surface area contributed by atoms with E-state index in [9.17, 15) is 14.4 Å². The molecule has 33 heavy (non-hydrogen) atoms. The number of aryl methyl sites for hydroxylation is 1. The van der Waals surface area contributed by atoms with Crippen LogP contribution in [-0.4, -0.2) is 53.5 Å². The summed E-state index contributed by atoms with van der Waals surface area (Å²) in [7, 11) is 0. The second-order valence-electron chi connectivity index (χ2n) is 7.55. The van der Waals surface area contributed by atoms with Gasteiger partial charge in [-0.3, -0.25) is 19.7 Å². The van der Waals surface area contributed by atoms with Crippen LogP contribution in [0.3, 0.4) is 0 Å². The topological polar surface area (TPSA) is 87.7 Å². The third kappa shape index (κ3) is 7.84. The molecule has 1 atom stereocenters. The maximum atomic E-state index is 12.4. The highest BCUT2D eigenvalue weighted by Crippen LogP contribution is 2.11. The van der Waals surface area contributed by atoms with E-state index in [1.807, 2.05) is 60.7 Å². The summed E-state index contributed by atoms with van der Waals surface area (Å²) in [5.74, 6) is -1.20. The fourth-order valence-electron chi connectivity index (χ4n) is 3.44. The van der Waals surface area contributed by atoms with Crippen LogP contribution in [0, 0.1) is 0 Å². The number of carbonyl (C=O) groups excluding carboxylic acids is 3. The Kier molecular flexibility index (Phi) is 9.14. The molecule has 8 heteroatoms. The second-order valence-corrected chi connectivity index (χ2v) is 7.94. The van der Waals surface area contributed by atoms with Crippen LogP contribution < -0.4 is 10.6 Å². The summed E-state index contributed by atoms with van der Waals surface area (Å²) in [6.45, 7) is 1.03. The summed E-state index contributed by atoms with van der Waals surface area (Å²) in [4.78, 5) is 38.6. The zero-order valence-corrected chi connectivity index (χ0v) is 19.1. The van der Waals surface area contributed by atoms with E-state index in [-0.39, 0.29) is 24.0 Å². The fourth-order valence-corrected chi connectivity index (χ4v) is 3.76. The maximum absolute atomic E-state index is 12.4. The van der Waals surface area contributed by atoms with Crippen molar-refractivity contribution in [1.82, 2.24) is 15.5 Å². The molecule has 0 saturated carbocycles. The van der Waals surface area contributed by atoms with Crippen LogP contribution in [-0.2, 0) is 25.5 Å². The molecule has 2 N–H and O–H groups in total. The number of piperazine rings is 1. The number of ether oxygens (including phenoxy) is 1. The standard InChI is InChI=1S/C25H27N3O4S/c29-22(14-13-20-10-5-2-6-11-20)27-25(33)28-16-15-26-24(31)21(28)18-23(30)32-17-7-12-19-8-3-1-4-9-19/h1-6,8-11,13-14,21H,7,12,15-18H2,(H,26,31)(H,27,29,33). The molecule has 0 aliphatic carbocycles. The first-order valence-electron chi connectivity index (χ1n) is 10.8. The van der Waals surface area contributed by atoms with Crippen molar-refractivity contribution in [2.75, 3.05) is 19.7 Å². The number of amides is 2. The summed E-state index contributed by atoms with van der Waals surface area (Å²) >= 11 is 5.35. The Bertz CT molecular complexity index is 995. The van der Waals surface area contributed by atoms with Gasteiger partial charge in [0.15, 0.2) is 5.11 Å². The van der Waals surface area contributed by atoms with Crippen molar-refractivity contribution in [1.29, 1.82) is 0 Å². The number of benzene rings is 2. The van der Waals surface area contributed by atoms with Crippen molar-refractivity contribution in [3.05, 3.63) is 77.9 Å². The molecule has 1 aliphatic rings. The lowest BCUT2D eigenvalue weighted by Gasteiger charge is -2.36. The molecule has 1 aliphatic heterocycles. The molecule has 2 aromatic carbocycles. The molecule has 2 amide bonds. The Morgan fingerprint density at radius 1 is 1.12 bits per heavy atom. The molecule has 2 aromatic rings. The van der Waals surface area contributed by atoms with Gasteiger partial charge in [-0.1, -0.05) is 60.7 Å². The quantitative estimate of drug-likeness (QED) is 0.270. The maximum Gasteiger partial charge on any atom is 0.308 e. The first kappa shape index (κ1) is 24.1. The van der Waals surface area contributed by atoms with Gasteiger partial charge in [-0.15, -0.1) is 0 Å². The molecule has 172 valence electrons. The van der Waals surface area contributed by atoms with Crippen molar-refractivity contribution in [2.24, 2.45) is 0 Å². The highest BCUT2D eigenvalue weighted by molar-refractivity contribution is 7.80. The smallest absolute Gasteiger partial charge is 0.308 e. The lowest BCUT2D eigenvalue weighted by Crippen LogP contribution is -2.60. The van der Waals surface area contributed by atoms with Crippen LogP contribution >= 0.6 is 12.2 Å². The molecule has 0 bridgehead atoms. The number of thiocarbonyl (C=S) groups is 1. The Morgan fingerprint density at radius 2 is 1.82 bits per heavy atom. The molecule has 1 fully saturated rings. The van der Waals surface area contributed by atoms with Crippen LogP contribution in [0.2, 0.25) is 0 Å². The van der Waals surface area contributed by atoms with Gasteiger partial charge in [-0.2, -0.15) is 0 Å².